The van der Waals surface area contributed by atoms with Crippen LogP contribution < -0.4 is 4.90 Å². The molecule has 0 saturated heterocycles. The number of amides is 1. The number of carbonyl (C=O) groups is 1. The molecule has 3 rings (SSSR count). The van der Waals surface area contributed by atoms with Crippen LogP contribution in [-0.4, -0.2) is 33.0 Å². The van der Waals surface area contributed by atoms with Crippen molar-refractivity contribution in [1.29, 1.82) is 0 Å². The number of aromatic nitrogens is 3. The van der Waals surface area contributed by atoms with Crippen LogP contribution in [0.2, 0.25) is 0 Å². The predicted molar refractivity (Wildman–Crippen MR) is 116 cm³/mol. The molecule has 0 saturated carbocycles. The van der Waals surface area contributed by atoms with Crippen LogP contribution in [0.3, 0.4) is 0 Å². The molecule has 1 heterocycles. The van der Waals surface area contributed by atoms with Crippen LogP contribution in [0.1, 0.15) is 12.5 Å². The van der Waals surface area contributed by atoms with E-state index in [1.54, 1.807) is 4.90 Å². The second kappa shape index (κ2) is 9.37. The van der Waals surface area contributed by atoms with Gasteiger partial charge in [0, 0.05) is 24.3 Å². The molecule has 0 bridgehead atoms. The Bertz CT molecular complexity index is 952. The monoisotopic (exact) mass is 392 g/mol. The number of anilines is 1. The van der Waals surface area contributed by atoms with Crippen LogP contribution in [0.4, 0.5) is 5.69 Å². The van der Waals surface area contributed by atoms with Gasteiger partial charge in [0.1, 0.15) is 0 Å². The number of aryl methyl sites for hydroxylation is 1. The fourth-order valence-corrected chi connectivity index (χ4v) is 3.83. The number of benzene rings is 2. The Morgan fingerprint density at radius 3 is 2.64 bits per heavy atom. The molecule has 0 aliphatic rings. The molecule has 5 nitrogen and oxygen atoms in total. The maximum atomic E-state index is 12.8. The summed E-state index contributed by atoms with van der Waals surface area (Å²) in [4.78, 5) is 14.5. The third-order valence-electron chi connectivity index (χ3n) is 4.31. The maximum Gasteiger partial charge on any atom is 0.237 e. The van der Waals surface area contributed by atoms with E-state index in [0.29, 0.717) is 24.0 Å². The lowest BCUT2D eigenvalue weighted by molar-refractivity contribution is -0.116. The molecule has 0 atom stereocenters. The van der Waals surface area contributed by atoms with Gasteiger partial charge in [-0.2, -0.15) is 0 Å². The summed E-state index contributed by atoms with van der Waals surface area (Å²) in [6, 6.07) is 17.9. The first-order valence-corrected chi connectivity index (χ1v) is 10.2. The summed E-state index contributed by atoms with van der Waals surface area (Å²) >= 11 is 1.40. The molecule has 0 aliphatic carbocycles. The van der Waals surface area contributed by atoms with Gasteiger partial charge in [-0.15, -0.1) is 16.8 Å². The number of allylic oxidation sites excluding steroid dienone is 1. The van der Waals surface area contributed by atoms with Gasteiger partial charge in [0.25, 0.3) is 0 Å². The molecule has 144 valence electrons. The first kappa shape index (κ1) is 19.9. The van der Waals surface area contributed by atoms with Crippen molar-refractivity contribution in [2.75, 3.05) is 17.2 Å². The van der Waals surface area contributed by atoms with E-state index >= 15 is 0 Å². The van der Waals surface area contributed by atoms with Crippen molar-refractivity contribution < 1.29 is 4.79 Å². The van der Waals surface area contributed by atoms with E-state index in [1.165, 1.54) is 11.8 Å². The average Bonchev–Trinajstić information content (AvgIpc) is 3.11. The third-order valence-corrected chi connectivity index (χ3v) is 5.27. The number of hydrogen-bond donors (Lipinski definition) is 0. The molecular weight excluding hydrogens is 368 g/mol. The maximum absolute atomic E-state index is 12.8. The minimum atomic E-state index is 0.0453. The van der Waals surface area contributed by atoms with Crippen molar-refractivity contribution in [3.05, 3.63) is 72.8 Å². The molecule has 2 aromatic carbocycles. The second-order valence-corrected chi connectivity index (χ2v) is 7.28. The van der Waals surface area contributed by atoms with Crippen LogP contribution in [0.5, 0.6) is 0 Å². The number of hydrogen-bond acceptors (Lipinski definition) is 4. The molecule has 1 amide bonds. The Kier molecular flexibility index (Phi) is 6.66. The quantitative estimate of drug-likeness (QED) is 0.416. The van der Waals surface area contributed by atoms with Crippen LogP contribution in [-0.2, 0) is 11.3 Å². The van der Waals surface area contributed by atoms with Crippen LogP contribution >= 0.6 is 11.8 Å². The summed E-state index contributed by atoms with van der Waals surface area (Å²) < 4.78 is 2.00. The number of carbonyl (C=O) groups excluding carboxylic acids is 1. The van der Waals surface area contributed by atoms with Crippen molar-refractivity contribution in [3.8, 4) is 11.4 Å². The van der Waals surface area contributed by atoms with Gasteiger partial charge in [0.2, 0.25) is 5.91 Å². The number of nitrogens with zero attached hydrogens (tertiary/aromatic N) is 4. The predicted octanol–water partition coefficient (Wildman–Crippen LogP) is 4.58. The first-order valence-electron chi connectivity index (χ1n) is 9.23. The van der Waals surface area contributed by atoms with Gasteiger partial charge in [-0.3, -0.25) is 9.36 Å². The Hall–Kier alpha value is -2.86. The molecule has 0 unspecified atom stereocenters. The van der Waals surface area contributed by atoms with Crippen molar-refractivity contribution in [2.24, 2.45) is 0 Å². The average molecular weight is 393 g/mol. The van der Waals surface area contributed by atoms with E-state index in [-0.39, 0.29) is 5.91 Å². The normalized spacial score (nSPS) is 10.6. The highest BCUT2D eigenvalue weighted by atomic mass is 32.2. The summed E-state index contributed by atoms with van der Waals surface area (Å²) in [5, 5.41) is 9.41. The molecule has 0 aliphatic heterocycles. The van der Waals surface area contributed by atoms with Gasteiger partial charge in [0.05, 0.1) is 5.75 Å². The summed E-state index contributed by atoms with van der Waals surface area (Å²) in [6.45, 7) is 9.08. The standard InChI is InChI=1S/C22H24N4OS/c1-4-14-26-21(18-11-9-10-17(3)15-18)23-24-22(26)28-16-20(27)25(5-2)19-12-7-6-8-13-19/h4,6-13,15H,1,5,14,16H2,2-3H3. The highest BCUT2D eigenvalue weighted by molar-refractivity contribution is 7.99. The summed E-state index contributed by atoms with van der Waals surface area (Å²) in [7, 11) is 0. The van der Waals surface area contributed by atoms with Crippen molar-refractivity contribution in [3.63, 3.8) is 0 Å². The second-order valence-electron chi connectivity index (χ2n) is 6.34. The van der Waals surface area contributed by atoms with Crippen LogP contribution in [0.25, 0.3) is 11.4 Å². The fraction of sp³-hybridized carbons (Fsp3) is 0.227. The highest BCUT2D eigenvalue weighted by Gasteiger charge is 2.18. The topological polar surface area (TPSA) is 51.0 Å². The molecule has 6 heteroatoms. The van der Waals surface area contributed by atoms with E-state index in [0.717, 1.165) is 22.6 Å². The van der Waals surface area contributed by atoms with Gasteiger partial charge in [-0.25, -0.2) is 0 Å². The van der Waals surface area contributed by atoms with Gasteiger partial charge in [-0.05, 0) is 32.0 Å². The Labute approximate surface area is 170 Å². The smallest absolute Gasteiger partial charge is 0.237 e. The van der Waals surface area contributed by atoms with Crippen LogP contribution in [0.15, 0.2) is 72.4 Å². The fourth-order valence-electron chi connectivity index (χ4n) is 3.00. The van der Waals surface area contributed by atoms with Gasteiger partial charge < -0.3 is 4.90 Å². The molecular formula is C22H24N4OS. The van der Waals surface area contributed by atoms with Crippen molar-refractivity contribution in [2.45, 2.75) is 25.5 Å². The van der Waals surface area contributed by atoms with E-state index in [1.807, 2.05) is 60.0 Å². The van der Waals surface area contributed by atoms with Gasteiger partial charge in [-0.1, -0.05) is 59.8 Å². The Morgan fingerprint density at radius 1 is 1.18 bits per heavy atom. The number of rotatable bonds is 8. The lowest BCUT2D eigenvalue weighted by Crippen LogP contribution is -2.32. The minimum absolute atomic E-state index is 0.0453. The zero-order valence-electron chi connectivity index (χ0n) is 16.2. The lowest BCUT2D eigenvalue weighted by Gasteiger charge is -2.20. The summed E-state index contributed by atoms with van der Waals surface area (Å²) in [5.41, 5.74) is 3.08. The van der Waals surface area contributed by atoms with Gasteiger partial charge >= 0.3 is 0 Å². The zero-order valence-corrected chi connectivity index (χ0v) is 17.0. The van der Waals surface area contributed by atoms with E-state index in [2.05, 4.69) is 35.8 Å². The van der Waals surface area contributed by atoms with E-state index in [4.69, 9.17) is 0 Å². The highest BCUT2D eigenvalue weighted by Crippen LogP contribution is 2.25. The molecule has 28 heavy (non-hydrogen) atoms. The molecule has 0 radical (unpaired) electrons. The van der Waals surface area contributed by atoms with Crippen molar-refractivity contribution >= 4 is 23.4 Å². The first-order chi connectivity index (χ1) is 13.6. The SMILES string of the molecule is C=CCn1c(SCC(=O)N(CC)c2ccccc2)nnc1-c1cccc(C)c1. The summed E-state index contributed by atoms with van der Waals surface area (Å²) in [6.07, 6.45) is 1.82. The Morgan fingerprint density at radius 2 is 1.96 bits per heavy atom. The Balaban J connectivity index is 1.79. The lowest BCUT2D eigenvalue weighted by atomic mass is 10.1. The minimum Gasteiger partial charge on any atom is -0.312 e. The molecule has 0 N–H and O–H groups in total. The van der Waals surface area contributed by atoms with E-state index < -0.39 is 0 Å². The molecule has 0 fully saturated rings. The van der Waals surface area contributed by atoms with Crippen LogP contribution in [0, 0.1) is 6.92 Å². The molecule has 0 spiro atoms. The van der Waals surface area contributed by atoms with E-state index in [9.17, 15) is 4.79 Å². The zero-order chi connectivity index (χ0) is 19.9. The number of thioether (sulfide) groups is 1. The van der Waals surface area contributed by atoms with Crippen molar-refractivity contribution in [1.82, 2.24) is 14.8 Å². The summed E-state index contributed by atoms with van der Waals surface area (Å²) in [5.74, 6) is 1.13. The van der Waals surface area contributed by atoms with Gasteiger partial charge in [0.15, 0.2) is 11.0 Å². The molecule has 1 aromatic heterocycles. The molecule has 3 aromatic rings. The third kappa shape index (κ3) is 4.51. The largest absolute Gasteiger partial charge is 0.312 e. The number of para-hydroxylation sites is 1.